The van der Waals surface area contributed by atoms with E-state index in [1.54, 1.807) is 0 Å². The van der Waals surface area contributed by atoms with Gasteiger partial charge in [0.2, 0.25) is 0 Å². The van der Waals surface area contributed by atoms with Gasteiger partial charge in [-0.2, -0.15) is 5.10 Å². The second kappa shape index (κ2) is 6.14. The van der Waals surface area contributed by atoms with E-state index in [9.17, 15) is 0 Å². The van der Waals surface area contributed by atoms with Crippen LogP contribution < -0.4 is 0 Å². The molecule has 2 aromatic heterocycles. The van der Waals surface area contributed by atoms with Crippen LogP contribution in [-0.2, 0) is 6.54 Å². The highest BCUT2D eigenvalue weighted by atomic mass is 15.3. The lowest BCUT2D eigenvalue weighted by Crippen LogP contribution is -2.45. The topological polar surface area (TPSA) is 63.8 Å². The predicted octanol–water partition coefficient (Wildman–Crippen LogP) is 2.09. The zero-order valence-electron chi connectivity index (χ0n) is 13.4. The van der Waals surface area contributed by atoms with Crippen molar-refractivity contribution < 1.29 is 0 Å². The molecule has 1 aromatic carbocycles. The first-order valence-corrected chi connectivity index (χ1v) is 8.26. The molecule has 1 saturated heterocycles. The Hall–Kier alpha value is -2.18. The number of benzene rings is 1. The number of para-hydroxylation sites is 1. The molecule has 0 amide bonds. The van der Waals surface area contributed by atoms with E-state index in [-0.39, 0.29) is 0 Å². The van der Waals surface area contributed by atoms with Gasteiger partial charge in [-0.15, -0.1) is 0 Å². The fourth-order valence-electron chi connectivity index (χ4n) is 3.22. The highest BCUT2D eigenvalue weighted by Gasteiger charge is 2.17. The Labute approximate surface area is 135 Å². The summed E-state index contributed by atoms with van der Waals surface area (Å²) >= 11 is 0. The Balaban J connectivity index is 1.49. The number of rotatable bonds is 4. The van der Waals surface area contributed by atoms with Crippen LogP contribution in [0.5, 0.6) is 0 Å². The third-order valence-corrected chi connectivity index (χ3v) is 4.65. The number of nitrogens with one attached hydrogen (secondary N) is 2. The quantitative estimate of drug-likeness (QED) is 0.774. The summed E-state index contributed by atoms with van der Waals surface area (Å²) in [7, 11) is 0. The second-order valence-corrected chi connectivity index (χ2v) is 6.06. The molecule has 0 unspecified atom stereocenters. The van der Waals surface area contributed by atoms with Gasteiger partial charge in [-0.25, -0.2) is 4.98 Å². The third-order valence-electron chi connectivity index (χ3n) is 4.65. The summed E-state index contributed by atoms with van der Waals surface area (Å²) in [6, 6.07) is 8.24. The Morgan fingerprint density at radius 1 is 1.09 bits per heavy atom. The SMILES string of the molecule is CCN1CCN(Cc2nc(-c3c[nH]c4ccccc34)n[nH]2)CC1. The van der Waals surface area contributed by atoms with Gasteiger partial charge in [0.15, 0.2) is 5.82 Å². The van der Waals surface area contributed by atoms with Gasteiger partial charge in [0.1, 0.15) is 5.82 Å². The van der Waals surface area contributed by atoms with Gasteiger partial charge >= 0.3 is 0 Å². The van der Waals surface area contributed by atoms with E-state index in [2.05, 4.69) is 44.0 Å². The largest absolute Gasteiger partial charge is 0.360 e. The molecular formula is C17H22N6. The molecule has 0 atom stereocenters. The molecular weight excluding hydrogens is 288 g/mol. The molecule has 1 aliphatic heterocycles. The Kier molecular flexibility index (Phi) is 3.85. The molecule has 120 valence electrons. The normalized spacial score (nSPS) is 17.1. The molecule has 6 heteroatoms. The van der Waals surface area contributed by atoms with Crippen molar-refractivity contribution in [2.75, 3.05) is 32.7 Å². The van der Waals surface area contributed by atoms with Crippen molar-refractivity contribution in [2.45, 2.75) is 13.5 Å². The van der Waals surface area contributed by atoms with Crippen LogP contribution in [0.4, 0.5) is 0 Å². The molecule has 1 fully saturated rings. The van der Waals surface area contributed by atoms with Crippen LogP contribution >= 0.6 is 0 Å². The van der Waals surface area contributed by atoms with Gasteiger partial charge in [-0.1, -0.05) is 25.1 Å². The van der Waals surface area contributed by atoms with Crippen molar-refractivity contribution in [1.82, 2.24) is 30.0 Å². The maximum atomic E-state index is 4.69. The van der Waals surface area contributed by atoms with Crippen molar-refractivity contribution in [3.8, 4) is 11.4 Å². The molecule has 0 radical (unpaired) electrons. The molecule has 0 spiro atoms. The van der Waals surface area contributed by atoms with Crippen molar-refractivity contribution in [3.05, 3.63) is 36.3 Å². The molecule has 4 rings (SSSR count). The number of aromatic amines is 2. The van der Waals surface area contributed by atoms with Gasteiger partial charge < -0.3 is 9.88 Å². The van der Waals surface area contributed by atoms with E-state index in [0.717, 1.165) is 67.4 Å². The smallest absolute Gasteiger partial charge is 0.183 e. The number of likely N-dealkylation sites (N-methyl/N-ethyl adjacent to an activating group) is 1. The first-order chi connectivity index (χ1) is 11.3. The fourth-order valence-corrected chi connectivity index (χ4v) is 3.22. The summed E-state index contributed by atoms with van der Waals surface area (Å²) in [6.07, 6.45) is 1.98. The van der Waals surface area contributed by atoms with Crippen LogP contribution in [0.1, 0.15) is 12.7 Å². The lowest BCUT2D eigenvalue weighted by atomic mass is 10.2. The van der Waals surface area contributed by atoms with Crippen molar-refractivity contribution >= 4 is 10.9 Å². The summed E-state index contributed by atoms with van der Waals surface area (Å²) in [4.78, 5) is 12.9. The Morgan fingerprint density at radius 2 is 1.87 bits per heavy atom. The molecule has 0 aliphatic carbocycles. The van der Waals surface area contributed by atoms with E-state index >= 15 is 0 Å². The summed E-state index contributed by atoms with van der Waals surface area (Å²) in [5.74, 6) is 1.71. The minimum atomic E-state index is 0.768. The van der Waals surface area contributed by atoms with Gasteiger partial charge in [0.25, 0.3) is 0 Å². The summed E-state index contributed by atoms with van der Waals surface area (Å²) < 4.78 is 0. The minimum Gasteiger partial charge on any atom is -0.360 e. The van der Waals surface area contributed by atoms with Crippen molar-refractivity contribution in [2.24, 2.45) is 0 Å². The molecule has 0 saturated carbocycles. The van der Waals surface area contributed by atoms with E-state index in [1.165, 1.54) is 0 Å². The van der Waals surface area contributed by atoms with Gasteiger partial charge in [0, 0.05) is 48.8 Å². The highest BCUT2D eigenvalue weighted by Crippen LogP contribution is 2.25. The van der Waals surface area contributed by atoms with Crippen molar-refractivity contribution in [1.29, 1.82) is 0 Å². The molecule has 0 bridgehead atoms. The van der Waals surface area contributed by atoms with E-state index in [0.29, 0.717) is 0 Å². The zero-order chi connectivity index (χ0) is 15.6. The Bertz CT molecular complexity index is 781. The van der Waals surface area contributed by atoms with Crippen LogP contribution in [0.15, 0.2) is 30.5 Å². The lowest BCUT2D eigenvalue weighted by Gasteiger charge is -2.33. The van der Waals surface area contributed by atoms with Crippen molar-refractivity contribution in [3.63, 3.8) is 0 Å². The van der Waals surface area contributed by atoms with E-state index in [4.69, 9.17) is 4.98 Å². The molecule has 3 aromatic rings. The number of hydrogen-bond donors (Lipinski definition) is 2. The number of fused-ring (bicyclic) bond motifs is 1. The maximum Gasteiger partial charge on any atom is 0.183 e. The number of nitrogens with zero attached hydrogens (tertiary/aromatic N) is 4. The number of piperazine rings is 1. The van der Waals surface area contributed by atoms with Gasteiger partial charge in [-0.05, 0) is 12.6 Å². The predicted molar refractivity (Wildman–Crippen MR) is 91.1 cm³/mol. The summed E-state index contributed by atoms with van der Waals surface area (Å²) in [5.41, 5.74) is 2.17. The van der Waals surface area contributed by atoms with Gasteiger partial charge in [0.05, 0.1) is 6.54 Å². The summed E-state index contributed by atoms with van der Waals surface area (Å²) in [6.45, 7) is 8.67. The second-order valence-electron chi connectivity index (χ2n) is 6.06. The molecule has 1 aliphatic rings. The van der Waals surface area contributed by atoms with Crippen LogP contribution in [0.2, 0.25) is 0 Å². The number of hydrogen-bond acceptors (Lipinski definition) is 4. The highest BCUT2D eigenvalue weighted by molar-refractivity contribution is 5.93. The third kappa shape index (κ3) is 2.87. The number of aromatic nitrogens is 4. The molecule has 6 nitrogen and oxygen atoms in total. The Morgan fingerprint density at radius 3 is 2.70 bits per heavy atom. The van der Waals surface area contributed by atoms with Crippen LogP contribution in [0.3, 0.4) is 0 Å². The first-order valence-electron chi connectivity index (χ1n) is 8.26. The van der Waals surface area contributed by atoms with Crippen LogP contribution in [0.25, 0.3) is 22.3 Å². The zero-order valence-corrected chi connectivity index (χ0v) is 13.4. The average molecular weight is 310 g/mol. The lowest BCUT2D eigenvalue weighted by molar-refractivity contribution is 0.129. The van der Waals surface area contributed by atoms with Gasteiger partial charge in [-0.3, -0.25) is 10.00 Å². The van der Waals surface area contributed by atoms with E-state index in [1.807, 2.05) is 18.3 Å². The molecule has 2 N–H and O–H groups in total. The van der Waals surface area contributed by atoms with Crippen LogP contribution in [0, 0.1) is 0 Å². The number of H-pyrrole nitrogens is 2. The van der Waals surface area contributed by atoms with E-state index < -0.39 is 0 Å². The standard InChI is InChI=1S/C17H22N6/c1-2-22-7-9-23(10-8-22)12-16-19-17(21-20-16)14-11-18-15-6-4-3-5-13(14)15/h3-6,11,18H,2,7-10,12H2,1H3,(H,19,20,21). The average Bonchev–Trinajstić information content (AvgIpc) is 3.22. The minimum absolute atomic E-state index is 0.768. The fraction of sp³-hybridized carbons (Fsp3) is 0.412. The van der Waals surface area contributed by atoms with Crippen LogP contribution in [-0.4, -0.2) is 62.7 Å². The maximum absolute atomic E-state index is 4.69. The molecule has 3 heterocycles. The monoisotopic (exact) mass is 310 g/mol. The first kappa shape index (κ1) is 14.4. The summed E-state index contributed by atoms with van der Waals surface area (Å²) in [5, 5.41) is 8.67. The molecule has 23 heavy (non-hydrogen) atoms.